The van der Waals surface area contributed by atoms with Gasteiger partial charge in [-0.1, -0.05) is 13.8 Å². The van der Waals surface area contributed by atoms with Crippen molar-refractivity contribution in [2.45, 2.75) is 65.5 Å². The Balaban J connectivity index is 2.11. The molecule has 0 spiro atoms. The molecule has 90 valence electrons. The number of nitrogens with one attached hydrogen (secondary N) is 1. The summed E-state index contributed by atoms with van der Waals surface area (Å²) in [7, 11) is 0. The van der Waals surface area contributed by atoms with Gasteiger partial charge in [-0.3, -0.25) is 0 Å². The molecule has 0 unspecified atom stereocenters. The van der Waals surface area contributed by atoms with Gasteiger partial charge >= 0.3 is 0 Å². The van der Waals surface area contributed by atoms with Crippen LogP contribution in [-0.4, -0.2) is 24.8 Å². The monoisotopic (exact) mass is 213 g/mol. The number of hydrogen-bond donors (Lipinski definition) is 1. The fourth-order valence-corrected chi connectivity index (χ4v) is 1.43. The van der Waals surface area contributed by atoms with Crippen molar-refractivity contribution in [3.8, 4) is 0 Å². The van der Waals surface area contributed by atoms with Crippen LogP contribution in [0.2, 0.25) is 0 Å². The molecule has 15 heavy (non-hydrogen) atoms. The van der Waals surface area contributed by atoms with Crippen molar-refractivity contribution >= 4 is 0 Å². The molecule has 1 rings (SSSR count). The summed E-state index contributed by atoms with van der Waals surface area (Å²) in [4.78, 5) is 0. The molecule has 0 aromatic carbocycles. The predicted molar refractivity (Wildman–Crippen MR) is 65.1 cm³/mol. The predicted octanol–water partition coefficient (Wildman–Crippen LogP) is 2.97. The quantitative estimate of drug-likeness (QED) is 0.732. The number of ether oxygens (including phenoxy) is 1. The molecule has 2 heteroatoms. The Labute approximate surface area is 94.8 Å². The molecular weight excluding hydrogens is 186 g/mol. The topological polar surface area (TPSA) is 21.3 Å². The molecule has 0 bridgehead atoms. The standard InChI is InChI=1S/C13H27NO/c1-12(2,3)15-9-8-13(4,5)10-14-11-6-7-11/h11,14H,6-10H2,1-5H3. The molecule has 0 saturated heterocycles. The summed E-state index contributed by atoms with van der Waals surface area (Å²) in [5, 5.41) is 3.59. The molecule has 1 saturated carbocycles. The van der Waals surface area contributed by atoms with Crippen molar-refractivity contribution in [1.82, 2.24) is 5.32 Å². The van der Waals surface area contributed by atoms with Gasteiger partial charge < -0.3 is 10.1 Å². The first-order valence-corrected chi connectivity index (χ1v) is 6.16. The van der Waals surface area contributed by atoms with Crippen LogP contribution in [0.4, 0.5) is 0 Å². The minimum absolute atomic E-state index is 0.000000984. The Kier molecular flexibility index (Phi) is 4.19. The minimum atomic E-state index is 0.000000984. The van der Waals surface area contributed by atoms with E-state index in [4.69, 9.17) is 4.74 Å². The van der Waals surface area contributed by atoms with E-state index in [9.17, 15) is 0 Å². The zero-order chi connectivity index (χ0) is 11.5. The molecule has 1 aliphatic rings. The Morgan fingerprint density at radius 3 is 2.20 bits per heavy atom. The van der Waals surface area contributed by atoms with Crippen LogP contribution in [0.25, 0.3) is 0 Å². The van der Waals surface area contributed by atoms with E-state index in [-0.39, 0.29) is 5.60 Å². The SMILES string of the molecule is CC(C)(CCOC(C)(C)C)CNC1CC1. The highest BCUT2D eigenvalue weighted by Gasteiger charge is 2.25. The normalized spacial score (nSPS) is 18.2. The summed E-state index contributed by atoms with van der Waals surface area (Å²) in [5.41, 5.74) is 0.355. The highest BCUT2D eigenvalue weighted by molar-refractivity contribution is 4.84. The van der Waals surface area contributed by atoms with Gasteiger partial charge in [0.1, 0.15) is 0 Å². The Morgan fingerprint density at radius 1 is 1.13 bits per heavy atom. The lowest BCUT2D eigenvalue weighted by atomic mass is 9.89. The maximum absolute atomic E-state index is 5.76. The van der Waals surface area contributed by atoms with E-state index >= 15 is 0 Å². The summed E-state index contributed by atoms with van der Waals surface area (Å²) in [6.07, 6.45) is 3.87. The summed E-state index contributed by atoms with van der Waals surface area (Å²) in [6, 6.07) is 0.813. The van der Waals surface area contributed by atoms with Crippen LogP contribution in [-0.2, 0) is 4.74 Å². The van der Waals surface area contributed by atoms with Crippen LogP contribution in [0.1, 0.15) is 53.9 Å². The van der Waals surface area contributed by atoms with E-state index in [2.05, 4.69) is 39.9 Å². The molecular formula is C13H27NO. The lowest BCUT2D eigenvalue weighted by molar-refractivity contribution is -0.0153. The highest BCUT2D eigenvalue weighted by atomic mass is 16.5. The Hall–Kier alpha value is -0.0800. The van der Waals surface area contributed by atoms with E-state index in [1.54, 1.807) is 0 Å². The van der Waals surface area contributed by atoms with Crippen molar-refractivity contribution in [3.05, 3.63) is 0 Å². The van der Waals surface area contributed by atoms with Gasteiger partial charge in [-0.15, -0.1) is 0 Å². The second-order valence-electron chi connectivity index (χ2n) is 6.53. The van der Waals surface area contributed by atoms with Gasteiger partial charge in [0, 0.05) is 19.2 Å². The molecule has 0 aromatic heterocycles. The average molecular weight is 213 g/mol. The van der Waals surface area contributed by atoms with E-state index in [1.807, 2.05) is 0 Å². The molecule has 0 atom stereocenters. The maximum atomic E-state index is 5.76. The summed E-state index contributed by atoms with van der Waals surface area (Å²) < 4.78 is 5.76. The minimum Gasteiger partial charge on any atom is -0.376 e. The molecule has 2 nitrogen and oxygen atoms in total. The van der Waals surface area contributed by atoms with Gasteiger partial charge in [0.25, 0.3) is 0 Å². The second kappa shape index (κ2) is 4.84. The van der Waals surface area contributed by atoms with Crippen LogP contribution in [0.15, 0.2) is 0 Å². The fourth-order valence-electron chi connectivity index (χ4n) is 1.43. The van der Waals surface area contributed by atoms with E-state index in [0.717, 1.165) is 25.6 Å². The number of hydrogen-bond acceptors (Lipinski definition) is 2. The van der Waals surface area contributed by atoms with Gasteiger partial charge in [-0.25, -0.2) is 0 Å². The van der Waals surface area contributed by atoms with E-state index in [1.165, 1.54) is 12.8 Å². The van der Waals surface area contributed by atoms with E-state index < -0.39 is 0 Å². The van der Waals surface area contributed by atoms with Crippen LogP contribution in [0.5, 0.6) is 0 Å². The molecule has 1 fully saturated rings. The first kappa shape index (κ1) is 13.0. The van der Waals surface area contributed by atoms with Gasteiger partial charge in [0.15, 0.2) is 0 Å². The Bertz CT molecular complexity index is 189. The lowest BCUT2D eigenvalue weighted by Gasteiger charge is -2.27. The fraction of sp³-hybridized carbons (Fsp3) is 1.00. The molecule has 0 aromatic rings. The van der Waals surface area contributed by atoms with Crippen molar-refractivity contribution in [2.24, 2.45) is 5.41 Å². The van der Waals surface area contributed by atoms with Crippen molar-refractivity contribution in [2.75, 3.05) is 13.2 Å². The van der Waals surface area contributed by atoms with Gasteiger partial charge in [-0.05, 0) is 45.4 Å². The van der Waals surface area contributed by atoms with Crippen molar-refractivity contribution < 1.29 is 4.74 Å². The largest absolute Gasteiger partial charge is 0.376 e. The smallest absolute Gasteiger partial charge is 0.0598 e. The summed E-state index contributed by atoms with van der Waals surface area (Å²) in [6.45, 7) is 12.9. The third-order valence-electron chi connectivity index (χ3n) is 2.76. The summed E-state index contributed by atoms with van der Waals surface area (Å²) >= 11 is 0. The van der Waals surface area contributed by atoms with Crippen molar-refractivity contribution in [3.63, 3.8) is 0 Å². The molecule has 0 heterocycles. The molecule has 1 aliphatic carbocycles. The van der Waals surface area contributed by atoms with Crippen molar-refractivity contribution in [1.29, 1.82) is 0 Å². The molecule has 0 radical (unpaired) electrons. The second-order valence-corrected chi connectivity index (χ2v) is 6.53. The zero-order valence-corrected chi connectivity index (χ0v) is 11.0. The first-order valence-electron chi connectivity index (χ1n) is 6.16. The summed E-state index contributed by atoms with van der Waals surface area (Å²) in [5.74, 6) is 0. The molecule has 1 N–H and O–H groups in total. The number of rotatable bonds is 6. The Morgan fingerprint density at radius 2 is 1.73 bits per heavy atom. The van der Waals surface area contributed by atoms with Gasteiger partial charge in [0.05, 0.1) is 5.60 Å². The molecule has 0 amide bonds. The van der Waals surface area contributed by atoms with E-state index in [0.29, 0.717) is 5.41 Å². The maximum Gasteiger partial charge on any atom is 0.0598 e. The average Bonchev–Trinajstić information content (AvgIpc) is 2.80. The van der Waals surface area contributed by atoms with Crippen LogP contribution in [0.3, 0.4) is 0 Å². The lowest BCUT2D eigenvalue weighted by Crippen LogP contribution is -2.32. The third-order valence-corrected chi connectivity index (χ3v) is 2.76. The zero-order valence-electron chi connectivity index (χ0n) is 11.0. The third kappa shape index (κ3) is 6.91. The van der Waals surface area contributed by atoms with Gasteiger partial charge in [-0.2, -0.15) is 0 Å². The highest BCUT2D eigenvalue weighted by Crippen LogP contribution is 2.24. The molecule has 0 aliphatic heterocycles. The first-order chi connectivity index (χ1) is 6.79. The van der Waals surface area contributed by atoms with Crippen LogP contribution >= 0.6 is 0 Å². The van der Waals surface area contributed by atoms with Crippen LogP contribution in [0, 0.1) is 5.41 Å². The van der Waals surface area contributed by atoms with Crippen LogP contribution < -0.4 is 5.32 Å². The van der Waals surface area contributed by atoms with Gasteiger partial charge in [0.2, 0.25) is 0 Å².